The van der Waals surface area contributed by atoms with Crippen molar-refractivity contribution in [1.29, 1.82) is 0 Å². The lowest BCUT2D eigenvalue weighted by Crippen LogP contribution is -2.45. The van der Waals surface area contributed by atoms with Crippen LogP contribution in [0.1, 0.15) is 56.1 Å². The SMILES string of the molecule is COCOc1cc2c(cc1B(OC)OC)C1CC[C@@]3(C)C(CC[C@@H]3OCOC)C1CC2. The summed E-state index contributed by atoms with van der Waals surface area (Å²) in [4.78, 5) is 0. The Morgan fingerprint density at radius 1 is 0.968 bits per heavy atom. The van der Waals surface area contributed by atoms with Gasteiger partial charge in [0.05, 0.1) is 6.10 Å². The zero-order valence-corrected chi connectivity index (χ0v) is 19.6. The van der Waals surface area contributed by atoms with Gasteiger partial charge in [0.1, 0.15) is 12.5 Å². The maximum atomic E-state index is 6.12. The molecule has 2 fully saturated rings. The van der Waals surface area contributed by atoms with Gasteiger partial charge < -0.3 is 28.3 Å². The van der Waals surface area contributed by atoms with Crippen molar-refractivity contribution in [1.82, 2.24) is 0 Å². The molecule has 1 aromatic rings. The molecule has 0 aromatic heterocycles. The number of hydrogen-bond acceptors (Lipinski definition) is 6. The third-order valence-corrected chi connectivity index (χ3v) is 8.17. The van der Waals surface area contributed by atoms with Gasteiger partial charge >= 0.3 is 7.12 Å². The van der Waals surface area contributed by atoms with Crippen molar-refractivity contribution in [2.24, 2.45) is 17.3 Å². The molecule has 31 heavy (non-hydrogen) atoms. The number of aryl methyl sites for hydroxylation is 1. The Hall–Kier alpha value is -1.12. The first kappa shape index (κ1) is 23.1. The van der Waals surface area contributed by atoms with Crippen LogP contribution in [0.15, 0.2) is 12.1 Å². The molecule has 0 bridgehead atoms. The van der Waals surface area contributed by atoms with E-state index in [1.165, 1.54) is 36.8 Å². The monoisotopic (exact) mass is 432 g/mol. The zero-order valence-electron chi connectivity index (χ0n) is 19.6. The van der Waals surface area contributed by atoms with Gasteiger partial charge in [0.15, 0.2) is 6.79 Å². The lowest BCUT2D eigenvalue weighted by atomic mass is 9.55. The Labute approximate surface area is 187 Å². The molecule has 0 spiro atoms. The number of methoxy groups -OCH3 is 2. The van der Waals surface area contributed by atoms with Crippen LogP contribution in [0, 0.1) is 17.3 Å². The Balaban J connectivity index is 1.64. The molecule has 1 aromatic carbocycles. The van der Waals surface area contributed by atoms with E-state index < -0.39 is 7.12 Å². The van der Waals surface area contributed by atoms with Crippen LogP contribution in [0.2, 0.25) is 0 Å². The van der Waals surface area contributed by atoms with Gasteiger partial charge in [-0.1, -0.05) is 13.0 Å². The van der Waals surface area contributed by atoms with E-state index in [9.17, 15) is 0 Å². The van der Waals surface area contributed by atoms with Crippen molar-refractivity contribution in [2.75, 3.05) is 42.0 Å². The van der Waals surface area contributed by atoms with E-state index in [4.69, 9.17) is 28.3 Å². The normalized spacial score (nSPS) is 31.6. The number of benzene rings is 1. The van der Waals surface area contributed by atoms with Gasteiger partial charge in [-0.2, -0.15) is 0 Å². The Bertz CT molecular complexity index is 754. The molecule has 4 rings (SSSR count). The van der Waals surface area contributed by atoms with Crippen LogP contribution in [0.25, 0.3) is 0 Å². The maximum Gasteiger partial charge on any atom is 0.497 e. The fourth-order valence-electron chi connectivity index (χ4n) is 6.77. The van der Waals surface area contributed by atoms with Crippen molar-refractivity contribution < 1.29 is 28.3 Å². The van der Waals surface area contributed by atoms with Gasteiger partial charge in [-0.15, -0.1) is 0 Å². The molecule has 3 aliphatic rings. The molecule has 0 amide bonds. The highest BCUT2D eigenvalue weighted by Crippen LogP contribution is 2.61. The topological polar surface area (TPSA) is 55.4 Å². The highest BCUT2D eigenvalue weighted by atomic mass is 16.7. The van der Waals surface area contributed by atoms with Crippen LogP contribution >= 0.6 is 0 Å². The molecule has 0 radical (unpaired) electrons. The molecule has 2 saturated carbocycles. The number of rotatable bonds is 9. The molecule has 0 N–H and O–H groups in total. The molecule has 172 valence electrons. The zero-order chi connectivity index (χ0) is 22.0. The summed E-state index contributed by atoms with van der Waals surface area (Å²) in [5.41, 5.74) is 4.06. The third kappa shape index (κ3) is 4.16. The number of hydrogen-bond donors (Lipinski definition) is 0. The van der Waals surface area contributed by atoms with Crippen molar-refractivity contribution in [2.45, 2.75) is 57.5 Å². The van der Waals surface area contributed by atoms with E-state index in [1.54, 1.807) is 28.4 Å². The Morgan fingerprint density at radius 2 is 1.74 bits per heavy atom. The van der Waals surface area contributed by atoms with Gasteiger partial charge in [-0.3, -0.25) is 0 Å². The first-order valence-electron chi connectivity index (χ1n) is 11.5. The summed E-state index contributed by atoms with van der Waals surface area (Å²) in [5.74, 6) is 2.77. The molecular weight excluding hydrogens is 395 g/mol. The third-order valence-electron chi connectivity index (χ3n) is 8.17. The first-order valence-corrected chi connectivity index (χ1v) is 11.5. The van der Waals surface area contributed by atoms with Crippen LogP contribution in [0.4, 0.5) is 0 Å². The predicted molar refractivity (Wildman–Crippen MR) is 120 cm³/mol. The van der Waals surface area contributed by atoms with E-state index in [0.717, 1.165) is 24.1 Å². The largest absolute Gasteiger partial charge is 0.497 e. The Kier molecular flexibility index (Phi) is 7.29. The molecule has 6 nitrogen and oxygen atoms in total. The van der Waals surface area contributed by atoms with Crippen LogP contribution in [0.3, 0.4) is 0 Å². The van der Waals surface area contributed by atoms with Crippen LogP contribution in [-0.4, -0.2) is 55.2 Å². The maximum absolute atomic E-state index is 6.12. The van der Waals surface area contributed by atoms with E-state index in [2.05, 4.69) is 19.1 Å². The summed E-state index contributed by atoms with van der Waals surface area (Å²) in [5, 5.41) is 0. The molecule has 3 aliphatic carbocycles. The smallest absolute Gasteiger partial charge is 0.468 e. The first-order chi connectivity index (χ1) is 15.1. The van der Waals surface area contributed by atoms with Gasteiger partial charge in [0.25, 0.3) is 0 Å². The summed E-state index contributed by atoms with van der Waals surface area (Å²) in [6.07, 6.45) is 7.41. The molecular formula is C24H37BO6. The standard InChI is InChI=1S/C24H37BO6/c1-24-11-10-17-18(20(24)8-9-23(24)31-15-27-3)7-6-16-12-22(30-14-26-2)21(13-19(16)17)25(28-4)29-5/h12-13,17-18,20,23H,6-11,14-15H2,1-5H3/t17?,18?,20?,23-,24-/m0/s1. The van der Waals surface area contributed by atoms with Gasteiger partial charge in [-0.25, -0.2) is 0 Å². The lowest BCUT2D eigenvalue weighted by Gasteiger charge is -2.50. The molecule has 5 atom stereocenters. The minimum Gasteiger partial charge on any atom is -0.468 e. The van der Waals surface area contributed by atoms with Gasteiger partial charge in [0.2, 0.25) is 0 Å². The molecule has 0 heterocycles. The van der Waals surface area contributed by atoms with E-state index in [1.807, 2.05) is 0 Å². The van der Waals surface area contributed by atoms with E-state index in [-0.39, 0.29) is 12.2 Å². The average Bonchev–Trinajstić information content (AvgIpc) is 3.13. The molecule has 0 saturated heterocycles. The van der Waals surface area contributed by atoms with Crippen molar-refractivity contribution in [3.8, 4) is 5.75 Å². The van der Waals surface area contributed by atoms with Crippen molar-refractivity contribution in [3.05, 3.63) is 23.3 Å². The minimum atomic E-state index is -0.454. The van der Waals surface area contributed by atoms with Crippen LogP contribution in [-0.2, 0) is 29.9 Å². The molecule has 3 unspecified atom stereocenters. The van der Waals surface area contributed by atoms with E-state index >= 15 is 0 Å². The summed E-state index contributed by atoms with van der Waals surface area (Å²) in [6, 6.07) is 4.48. The summed E-state index contributed by atoms with van der Waals surface area (Å²) < 4.78 is 33.6. The molecule has 7 heteroatoms. The second-order valence-corrected chi connectivity index (χ2v) is 9.54. The predicted octanol–water partition coefficient (Wildman–Crippen LogP) is 3.50. The fraction of sp³-hybridized carbons (Fsp3) is 0.750. The highest BCUT2D eigenvalue weighted by molar-refractivity contribution is 6.62. The molecule has 0 aliphatic heterocycles. The van der Waals surface area contributed by atoms with Crippen molar-refractivity contribution >= 4 is 12.6 Å². The average molecular weight is 432 g/mol. The van der Waals surface area contributed by atoms with Gasteiger partial charge in [0, 0.05) is 33.9 Å². The lowest BCUT2D eigenvalue weighted by molar-refractivity contribution is -0.125. The summed E-state index contributed by atoms with van der Waals surface area (Å²) in [7, 11) is 6.23. The second kappa shape index (κ2) is 9.80. The second-order valence-electron chi connectivity index (χ2n) is 9.54. The van der Waals surface area contributed by atoms with Crippen molar-refractivity contribution in [3.63, 3.8) is 0 Å². The van der Waals surface area contributed by atoms with E-state index in [0.29, 0.717) is 30.7 Å². The highest BCUT2D eigenvalue weighted by Gasteiger charge is 2.55. The minimum absolute atomic E-state index is 0.210. The summed E-state index contributed by atoms with van der Waals surface area (Å²) >= 11 is 0. The van der Waals surface area contributed by atoms with Crippen LogP contribution < -0.4 is 10.2 Å². The quantitative estimate of drug-likeness (QED) is 0.440. The fourth-order valence-corrected chi connectivity index (χ4v) is 6.77. The number of fused-ring (bicyclic) bond motifs is 5. The van der Waals surface area contributed by atoms with Gasteiger partial charge in [-0.05, 0) is 78.9 Å². The van der Waals surface area contributed by atoms with Crippen LogP contribution in [0.5, 0.6) is 5.75 Å². The summed E-state index contributed by atoms with van der Waals surface area (Å²) in [6.45, 7) is 3.06. The number of ether oxygens (including phenoxy) is 4. The Morgan fingerprint density at radius 3 is 2.45 bits per heavy atom.